The van der Waals surface area contributed by atoms with Crippen LogP contribution in [-0.2, 0) is 10.0 Å². The van der Waals surface area contributed by atoms with Crippen molar-refractivity contribution in [1.82, 2.24) is 10.0 Å². The Balaban J connectivity index is 2.40. The minimum atomic E-state index is -4.28. The predicted molar refractivity (Wildman–Crippen MR) is 64.6 cm³/mol. The molecule has 0 aliphatic carbocycles. The summed E-state index contributed by atoms with van der Waals surface area (Å²) in [6.45, 7) is 0.989. The van der Waals surface area contributed by atoms with E-state index in [-0.39, 0.29) is 6.07 Å². The van der Waals surface area contributed by atoms with Crippen LogP contribution < -0.4 is 10.0 Å². The van der Waals surface area contributed by atoms with Gasteiger partial charge in [-0.15, -0.1) is 0 Å². The average molecular weight is 307 g/mol. The Kier molecular flexibility index (Phi) is 3.97. The summed E-state index contributed by atoms with van der Waals surface area (Å²) in [4.78, 5) is 8.54. The maximum absolute atomic E-state index is 13.6. The number of hydrogen-bond donors (Lipinski definition) is 2. The molecule has 7 nitrogen and oxygen atoms in total. The van der Waals surface area contributed by atoms with Crippen LogP contribution in [0.25, 0.3) is 0 Å². The van der Waals surface area contributed by atoms with Gasteiger partial charge in [0.05, 0.1) is 4.92 Å². The van der Waals surface area contributed by atoms with Gasteiger partial charge in [0.15, 0.2) is 0 Å². The normalized spacial score (nSPS) is 19.2. The maximum atomic E-state index is 13.6. The number of nitrogens with one attached hydrogen (secondary N) is 2. The largest absolute Gasteiger partial charge is 0.315 e. The smallest absolute Gasteiger partial charge is 0.306 e. The SMILES string of the molecule is O=[N+]([O-])c1cc(S(=O)(=O)N[C@H]2CCNC2)c(F)cc1F. The first-order chi connectivity index (χ1) is 9.31. The molecule has 1 saturated heterocycles. The molecule has 1 heterocycles. The summed E-state index contributed by atoms with van der Waals surface area (Å²) < 4.78 is 52.9. The first-order valence-corrected chi connectivity index (χ1v) is 7.16. The van der Waals surface area contributed by atoms with Crippen molar-refractivity contribution in [3.05, 3.63) is 33.9 Å². The highest BCUT2D eigenvalue weighted by molar-refractivity contribution is 7.89. The molecule has 10 heteroatoms. The van der Waals surface area contributed by atoms with Crippen LogP contribution in [0, 0.1) is 21.7 Å². The van der Waals surface area contributed by atoms with Crippen molar-refractivity contribution < 1.29 is 22.1 Å². The van der Waals surface area contributed by atoms with Gasteiger partial charge in [0, 0.05) is 24.7 Å². The van der Waals surface area contributed by atoms with Crippen molar-refractivity contribution in [3.63, 3.8) is 0 Å². The van der Waals surface area contributed by atoms with Crippen molar-refractivity contribution in [2.75, 3.05) is 13.1 Å². The second-order valence-corrected chi connectivity index (χ2v) is 5.98. The number of hydrogen-bond acceptors (Lipinski definition) is 5. The molecule has 0 amide bonds. The molecule has 1 atom stereocenters. The minimum Gasteiger partial charge on any atom is -0.315 e. The van der Waals surface area contributed by atoms with E-state index in [0.717, 1.165) is 0 Å². The molecule has 20 heavy (non-hydrogen) atoms. The molecule has 1 aliphatic heterocycles. The van der Waals surface area contributed by atoms with Crippen molar-refractivity contribution in [3.8, 4) is 0 Å². The summed E-state index contributed by atoms with van der Waals surface area (Å²) in [7, 11) is -4.28. The van der Waals surface area contributed by atoms with Gasteiger partial charge in [-0.25, -0.2) is 17.5 Å². The van der Waals surface area contributed by atoms with Crippen LogP contribution in [0.4, 0.5) is 14.5 Å². The summed E-state index contributed by atoms with van der Waals surface area (Å²) in [6, 6.07) is 0.151. The highest BCUT2D eigenvalue weighted by Gasteiger charge is 2.29. The summed E-state index contributed by atoms with van der Waals surface area (Å²) in [5.41, 5.74) is -1.09. The Labute approximate surface area is 113 Å². The number of nitro benzene ring substituents is 1. The zero-order valence-electron chi connectivity index (χ0n) is 10.1. The first-order valence-electron chi connectivity index (χ1n) is 5.68. The second kappa shape index (κ2) is 5.38. The van der Waals surface area contributed by atoms with Crippen LogP contribution in [0.1, 0.15) is 6.42 Å². The Bertz CT molecular complexity index is 644. The third kappa shape index (κ3) is 2.92. The number of halogens is 2. The van der Waals surface area contributed by atoms with Gasteiger partial charge < -0.3 is 5.32 Å². The topological polar surface area (TPSA) is 101 Å². The predicted octanol–water partition coefficient (Wildman–Crippen LogP) is 0.513. The van der Waals surface area contributed by atoms with E-state index >= 15 is 0 Å². The van der Waals surface area contributed by atoms with Crippen LogP contribution in [0.5, 0.6) is 0 Å². The lowest BCUT2D eigenvalue weighted by molar-refractivity contribution is -0.387. The molecule has 0 aromatic heterocycles. The van der Waals surface area contributed by atoms with Gasteiger partial charge in [0.1, 0.15) is 10.7 Å². The van der Waals surface area contributed by atoms with Crippen LogP contribution in [0.15, 0.2) is 17.0 Å². The number of rotatable bonds is 4. The van der Waals surface area contributed by atoms with E-state index in [1.54, 1.807) is 0 Å². The van der Waals surface area contributed by atoms with Gasteiger partial charge in [0.2, 0.25) is 15.8 Å². The Morgan fingerprint density at radius 2 is 2.05 bits per heavy atom. The van der Waals surface area contributed by atoms with E-state index < -0.39 is 43.2 Å². The fourth-order valence-electron chi connectivity index (χ4n) is 1.90. The second-order valence-electron chi connectivity index (χ2n) is 4.30. The molecule has 2 rings (SSSR count). The fourth-order valence-corrected chi connectivity index (χ4v) is 3.25. The molecule has 1 fully saturated rings. The molecule has 0 unspecified atom stereocenters. The quantitative estimate of drug-likeness (QED) is 0.623. The lowest BCUT2D eigenvalue weighted by atomic mass is 10.3. The minimum absolute atomic E-state index is 0.194. The maximum Gasteiger partial charge on any atom is 0.306 e. The summed E-state index contributed by atoms with van der Waals surface area (Å²) in [6.07, 6.45) is 0.518. The summed E-state index contributed by atoms with van der Waals surface area (Å²) >= 11 is 0. The zero-order chi connectivity index (χ0) is 14.9. The third-order valence-electron chi connectivity index (χ3n) is 2.87. The Hall–Kier alpha value is -1.65. The number of nitrogens with zero attached hydrogens (tertiary/aromatic N) is 1. The van der Waals surface area contributed by atoms with E-state index in [4.69, 9.17) is 0 Å². The molecule has 1 aliphatic rings. The molecule has 1 aromatic rings. The monoisotopic (exact) mass is 307 g/mol. The summed E-state index contributed by atoms with van der Waals surface area (Å²) in [5, 5.41) is 13.5. The number of sulfonamides is 1. The fraction of sp³-hybridized carbons (Fsp3) is 0.400. The molecule has 2 N–H and O–H groups in total. The highest BCUT2D eigenvalue weighted by atomic mass is 32.2. The molecule has 110 valence electrons. The third-order valence-corrected chi connectivity index (χ3v) is 4.41. The lowest BCUT2D eigenvalue weighted by Crippen LogP contribution is -2.36. The van der Waals surface area contributed by atoms with Gasteiger partial charge in [-0.05, 0) is 13.0 Å². The Morgan fingerprint density at radius 1 is 1.35 bits per heavy atom. The first kappa shape index (κ1) is 14.8. The van der Waals surface area contributed by atoms with E-state index in [1.807, 2.05) is 0 Å². The van der Waals surface area contributed by atoms with Gasteiger partial charge in [-0.1, -0.05) is 0 Å². The number of nitro groups is 1. The van der Waals surface area contributed by atoms with Crippen molar-refractivity contribution in [1.29, 1.82) is 0 Å². The van der Waals surface area contributed by atoms with Crippen LogP contribution in [-0.4, -0.2) is 32.5 Å². The van der Waals surface area contributed by atoms with Gasteiger partial charge in [-0.3, -0.25) is 10.1 Å². The molecule has 0 spiro atoms. The van der Waals surface area contributed by atoms with E-state index in [1.165, 1.54) is 0 Å². The van der Waals surface area contributed by atoms with Crippen LogP contribution in [0.2, 0.25) is 0 Å². The van der Waals surface area contributed by atoms with E-state index in [2.05, 4.69) is 10.0 Å². The van der Waals surface area contributed by atoms with Gasteiger partial charge in [-0.2, -0.15) is 4.39 Å². The van der Waals surface area contributed by atoms with Crippen LogP contribution in [0.3, 0.4) is 0 Å². The van der Waals surface area contributed by atoms with Gasteiger partial charge in [0.25, 0.3) is 0 Å². The Morgan fingerprint density at radius 3 is 2.60 bits per heavy atom. The van der Waals surface area contributed by atoms with E-state index in [9.17, 15) is 27.3 Å². The van der Waals surface area contributed by atoms with E-state index in [0.29, 0.717) is 25.6 Å². The standard InChI is InChI=1S/C10H11F2N3O4S/c11-7-3-8(12)10(4-9(7)15(16)17)20(18,19)14-6-1-2-13-5-6/h3-4,6,13-14H,1-2,5H2/t6-/m0/s1. The molecular formula is C10H11F2N3O4S. The molecule has 0 bridgehead atoms. The summed E-state index contributed by atoms with van der Waals surface area (Å²) in [5.74, 6) is -2.79. The molecule has 1 aromatic carbocycles. The molecule has 0 radical (unpaired) electrons. The van der Waals surface area contributed by atoms with Crippen molar-refractivity contribution in [2.45, 2.75) is 17.4 Å². The van der Waals surface area contributed by atoms with Crippen molar-refractivity contribution >= 4 is 15.7 Å². The highest BCUT2D eigenvalue weighted by Crippen LogP contribution is 2.25. The molecular weight excluding hydrogens is 296 g/mol. The average Bonchev–Trinajstić information content (AvgIpc) is 2.79. The van der Waals surface area contributed by atoms with Gasteiger partial charge >= 0.3 is 5.69 Å². The zero-order valence-corrected chi connectivity index (χ0v) is 10.9. The molecule has 0 saturated carbocycles. The van der Waals surface area contributed by atoms with Crippen molar-refractivity contribution in [2.24, 2.45) is 0 Å². The van der Waals surface area contributed by atoms with Crippen LogP contribution >= 0.6 is 0 Å². The lowest BCUT2D eigenvalue weighted by Gasteiger charge is -2.12. The number of benzene rings is 1.